The Bertz CT molecular complexity index is 726. The van der Waals surface area contributed by atoms with Gasteiger partial charge in [0.1, 0.15) is 18.5 Å². The molecule has 9 heteroatoms. The van der Waals surface area contributed by atoms with Gasteiger partial charge in [-0.15, -0.1) is 0 Å². The number of nitrogens with zero attached hydrogens (tertiary/aromatic N) is 2. The van der Waals surface area contributed by atoms with Gasteiger partial charge in [0.05, 0.1) is 31.0 Å². The van der Waals surface area contributed by atoms with Crippen LogP contribution in [-0.4, -0.2) is 50.4 Å². The lowest BCUT2D eigenvalue weighted by Gasteiger charge is -2.17. The fourth-order valence-electron chi connectivity index (χ4n) is 2.88. The van der Waals surface area contributed by atoms with Crippen LogP contribution in [0.2, 0.25) is 0 Å². The van der Waals surface area contributed by atoms with E-state index in [0.29, 0.717) is 12.1 Å². The molecule has 2 fully saturated rings. The van der Waals surface area contributed by atoms with Crippen molar-refractivity contribution in [3.8, 4) is 0 Å². The number of hydrogen-bond acceptors (Lipinski definition) is 5. The molecule has 26 heavy (non-hydrogen) atoms. The van der Waals surface area contributed by atoms with Crippen molar-refractivity contribution in [2.75, 3.05) is 36.0 Å². The van der Waals surface area contributed by atoms with Crippen LogP contribution in [0.3, 0.4) is 0 Å². The molecule has 1 unspecified atom stereocenters. The van der Waals surface area contributed by atoms with Crippen molar-refractivity contribution in [2.24, 2.45) is 0 Å². The number of carbonyl (C=O) groups excluding carboxylic acids is 3. The predicted molar refractivity (Wildman–Crippen MR) is 90.6 cm³/mol. The van der Waals surface area contributed by atoms with Gasteiger partial charge in [-0.3, -0.25) is 14.6 Å². The Morgan fingerprint density at radius 3 is 2.77 bits per heavy atom. The van der Waals surface area contributed by atoms with Crippen LogP contribution in [-0.2, 0) is 14.3 Å². The summed E-state index contributed by atoms with van der Waals surface area (Å²) in [5.74, 6) is -0.733. The maximum Gasteiger partial charge on any atom is 0.414 e. The average Bonchev–Trinajstić information content (AvgIpc) is 3.19. The molecular weight excluding hydrogens is 345 g/mol. The van der Waals surface area contributed by atoms with Gasteiger partial charge in [0, 0.05) is 6.42 Å². The van der Waals surface area contributed by atoms with Crippen molar-refractivity contribution in [3.63, 3.8) is 0 Å². The first-order valence-corrected chi connectivity index (χ1v) is 8.48. The van der Waals surface area contributed by atoms with Gasteiger partial charge in [-0.25, -0.2) is 14.0 Å². The van der Waals surface area contributed by atoms with E-state index in [1.807, 2.05) is 6.92 Å². The standard InChI is InChI=1S/C17H20FN3O5/c1-2-3-15(22)19-9-12-10-21(17(24)26-12)11-4-5-14(13(18)8-11)20-6-7-25-16(20)23/h4-5,8,12H,2-3,6-7,9-10H2,1H3,(H,19,22). The van der Waals surface area contributed by atoms with Crippen LogP contribution in [0, 0.1) is 5.82 Å². The van der Waals surface area contributed by atoms with Crippen molar-refractivity contribution in [1.82, 2.24) is 5.32 Å². The first kappa shape index (κ1) is 18.0. The Labute approximate surface area is 149 Å². The normalized spacial score (nSPS) is 19.5. The summed E-state index contributed by atoms with van der Waals surface area (Å²) >= 11 is 0. The van der Waals surface area contributed by atoms with Crippen molar-refractivity contribution in [2.45, 2.75) is 25.9 Å². The number of benzene rings is 1. The van der Waals surface area contributed by atoms with E-state index in [0.717, 1.165) is 6.42 Å². The third kappa shape index (κ3) is 3.71. The van der Waals surface area contributed by atoms with Gasteiger partial charge in [-0.05, 0) is 24.6 Å². The molecule has 2 aliphatic heterocycles. The molecule has 3 amide bonds. The number of rotatable bonds is 6. The molecule has 1 aromatic rings. The lowest BCUT2D eigenvalue weighted by molar-refractivity contribution is -0.121. The summed E-state index contributed by atoms with van der Waals surface area (Å²) in [5.41, 5.74) is 0.429. The van der Waals surface area contributed by atoms with E-state index in [2.05, 4.69) is 5.32 Å². The number of nitrogens with one attached hydrogen (secondary N) is 1. The highest BCUT2D eigenvalue weighted by atomic mass is 19.1. The van der Waals surface area contributed by atoms with Crippen LogP contribution in [0.1, 0.15) is 19.8 Å². The Hall–Kier alpha value is -2.84. The molecule has 1 N–H and O–H groups in total. The van der Waals surface area contributed by atoms with Crippen LogP contribution >= 0.6 is 0 Å². The van der Waals surface area contributed by atoms with E-state index in [1.165, 1.54) is 21.9 Å². The molecule has 8 nitrogen and oxygen atoms in total. The minimum atomic E-state index is -0.631. The lowest BCUT2D eigenvalue weighted by atomic mass is 10.2. The quantitative estimate of drug-likeness (QED) is 0.833. The highest BCUT2D eigenvalue weighted by molar-refractivity contribution is 5.92. The molecule has 0 bridgehead atoms. The first-order valence-electron chi connectivity index (χ1n) is 8.48. The molecule has 0 spiro atoms. The van der Waals surface area contributed by atoms with Crippen LogP contribution in [0.15, 0.2) is 18.2 Å². The van der Waals surface area contributed by atoms with E-state index < -0.39 is 24.1 Å². The van der Waals surface area contributed by atoms with Crippen LogP contribution in [0.25, 0.3) is 0 Å². The summed E-state index contributed by atoms with van der Waals surface area (Å²) in [4.78, 5) is 37.6. The van der Waals surface area contributed by atoms with E-state index in [4.69, 9.17) is 9.47 Å². The van der Waals surface area contributed by atoms with Gasteiger partial charge in [0.25, 0.3) is 0 Å². The molecular formula is C17H20FN3O5. The molecule has 1 aromatic carbocycles. The molecule has 2 saturated heterocycles. The second kappa shape index (κ2) is 7.59. The first-order chi connectivity index (χ1) is 12.5. The van der Waals surface area contributed by atoms with Gasteiger partial charge in [-0.2, -0.15) is 0 Å². The number of anilines is 2. The largest absolute Gasteiger partial charge is 0.447 e. The van der Waals surface area contributed by atoms with Crippen LogP contribution in [0.5, 0.6) is 0 Å². The number of cyclic esters (lactones) is 2. The fraction of sp³-hybridized carbons (Fsp3) is 0.471. The van der Waals surface area contributed by atoms with Crippen molar-refractivity contribution >= 4 is 29.5 Å². The topological polar surface area (TPSA) is 88.2 Å². The number of amides is 3. The van der Waals surface area contributed by atoms with E-state index in [9.17, 15) is 18.8 Å². The van der Waals surface area contributed by atoms with Crippen molar-refractivity contribution in [1.29, 1.82) is 0 Å². The second-order valence-electron chi connectivity index (χ2n) is 6.07. The molecule has 0 radical (unpaired) electrons. The van der Waals surface area contributed by atoms with E-state index >= 15 is 0 Å². The van der Waals surface area contributed by atoms with Crippen LogP contribution < -0.4 is 15.1 Å². The molecule has 0 saturated carbocycles. The molecule has 0 aromatic heterocycles. The van der Waals surface area contributed by atoms with Gasteiger partial charge in [0.15, 0.2) is 0 Å². The maximum atomic E-state index is 14.4. The smallest absolute Gasteiger partial charge is 0.414 e. The minimum absolute atomic E-state index is 0.102. The summed E-state index contributed by atoms with van der Waals surface area (Å²) in [6, 6.07) is 4.16. The highest BCUT2D eigenvalue weighted by Gasteiger charge is 2.33. The summed E-state index contributed by atoms with van der Waals surface area (Å²) in [7, 11) is 0. The maximum absolute atomic E-state index is 14.4. The molecule has 1 atom stereocenters. The third-order valence-electron chi connectivity index (χ3n) is 4.17. The SMILES string of the molecule is CCCC(=O)NCC1CN(c2ccc(N3CCOC3=O)c(F)c2)C(=O)O1. The van der Waals surface area contributed by atoms with Gasteiger partial charge in [-0.1, -0.05) is 6.92 Å². The molecule has 0 aliphatic carbocycles. The summed E-state index contributed by atoms with van der Waals surface area (Å²) < 4.78 is 24.4. The van der Waals surface area contributed by atoms with Gasteiger partial charge >= 0.3 is 12.2 Å². The minimum Gasteiger partial charge on any atom is -0.447 e. The number of carbonyl (C=O) groups is 3. The molecule has 2 aliphatic rings. The Morgan fingerprint density at radius 1 is 1.31 bits per heavy atom. The molecule has 140 valence electrons. The summed E-state index contributed by atoms with van der Waals surface area (Å²) in [5, 5.41) is 2.71. The van der Waals surface area contributed by atoms with Gasteiger partial charge < -0.3 is 14.8 Å². The zero-order chi connectivity index (χ0) is 18.7. The lowest BCUT2D eigenvalue weighted by Crippen LogP contribution is -2.34. The second-order valence-corrected chi connectivity index (χ2v) is 6.07. The molecule has 2 heterocycles. The zero-order valence-corrected chi connectivity index (χ0v) is 14.4. The summed E-state index contributed by atoms with van der Waals surface area (Å²) in [6.07, 6.45) is -0.554. The van der Waals surface area contributed by atoms with Crippen molar-refractivity contribution in [3.05, 3.63) is 24.0 Å². The number of hydrogen-bond donors (Lipinski definition) is 1. The Morgan fingerprint density at radius 2 is 2.12 bits per heavy atom. The zero-order valence-electron chi connectivity index (χ0n) is 14.4. The summed E-state index contributed by atoms with van der Waals surface area (Å²) in [6.45, 7) is 2.80. The predicted octanol–water partition coefficient (Wildman–Crippen LogP) is 2.02. The molecule has 3 rings (SSSR count). The monoisotopic (exact) mass is 365 g/mol. The number of halogens is 1. The highest BCUT2D eigenvalue weighted by Crippen LogP contribution is 2.29. The van der Waals surface area contributed by atoms with E-state index in [1.54, 1.807) is 6.07 Å². The fourth-order valence-corrected chi connectivity index (χ4v) is 2.88. The van der Waals surface area contributed by atoms with E-state index in [-0.39, 0.29) is 37.8 Å². The third-order valence-corrected chi connectivity index (χ3v) is 4.17. The number of ether oxygens (including phenoxy) is 2. The Balaban J connectivity index is 1.65. The van der Waals surface area contributed by atoms with Crippen molar-refractivity contribution < 1.29 is 28.2 Å². The Kier molecular flexibility index (Phi) is 5.24. The average molecular weight is 365 g/mol. The van der Waals surface area contributed by atoms with Crippen LogP contribution in [0.4, 0.5) is 25.4 Å². The van der Waals surface area contributed by atoms with Gasteiger partial charge in [0.2, 0.25) is 5.91 Å².